The third-order valence-corrected chi connectivity index (χ3v) is 4.18. The van der Waals surface area contributed by atoms with Crippen LogP contribution in [0.4, 0.5) is 5.69 Å². The zero-order valence-electron chi connectivity index (χ0n) is 14.5. The van der Waals surface area contributed by atoms with Crippen LogP contribution < -0.4 is 0 Å². The lowest BCUT2D eigenvalue weighted by Gasteiger charge is -2.42. The van der Waals surface area contributed by atoms with Gasteiger partial charge in [-0.25, -0.2) is 4.99 Å². The quantitative estimate of drug-likeness (QED) is 0.570. The zero-order valence-corrected chi connectivity index (χ0v) is 14.5. The maximum absolute atomic E-state index is 6.12. The van der Waals surface area contributed by atoms with Gasteiger partial charge in [0.2, 0.25) is 0 Å². The van der Waals surface area contributed by atoms with Crippen LogP contribution in [0.1, 0.15) is 37.0 Å². The number of aliphatic imine (C=N–C) groups is 1. The number of aryl methyl sites for hydroxylation is 2. The Morgan fingerprint density at radius 1 is 1.27 bits per heavy atom. The minimum Gasteiger partial charge on any atom is -0.375 e. The number of hydrogen-bond acceptors (Lipinski definition) is 3. The van der Waals surface area contributed by atoms with Crippen LogP contribution >= 0.6 is 0 Å². The van der Waals surface area contributed by atoms with Crippen LogP contribution in [-0.2, 0) is 15.1 Å². The van der Waals surface area contributed by atoms with Gasteiger partial charge in [-0.1, -0.05) is 13.0 Å². The Morgan fingerprint density at radius 2 is 2.00 bits per heavy atom. The van der Waals surface area contributed by atoms with Gasteiger partial charge < -0.3 is 14.4 Å². The first kappa shape index (κ1) is 17.0. The lowest BCUT2D eigenvalue weighted by molar-refractivity contribution is -0.217. The van der Waals surface area contributed by atoms with E-state index in [-0.39, 0.29) is 5.60 Å². The molecule has 0 aromatic heterocycles. The lowest BCUT2D eigenvalue weighted by Crippen LogP contribution is -2.49. The maximum atomic E-state index is 6.12. The molecule has 1 aliphatic heterocycles. The van der Waals surface area contributed by atoms with E-state index in [9.17, 15) is 0 Å². The Hall–Kier alpha value is -1.39. The Bertz CT molecular complexity index is 536. The second-order valence-corrected chi connectivity index (χ2v) is 6.11. The molecule has 1 saturated heterocycles. The van der Waals surface area contributed by atoms with Gasteiger partial charge in [-0.15, -0.1) is 0 Å². The molecule has 0 radical (unpaired) electrons. The third-order valence-electron chi connectivity index (χ3n) is 4.18. The van der Waals surface area contributed by atoms with E-state index < -0.39 is 0 Å². The second-order valence-electron chi connectivity index (χ2n) is 6.11. The van der Waals surface area contributed by atoms with Gasteiger partial charge in [0, 0.05) is 20.2 Å². The van der Waals surface area contributed by atoms with Crippen molar-refractivity contribution in [2.24, 2.45) is 4.99 Å². The fourth-order valence-electron chi connectivity index (χ4n) is 2.57. The fraction of sp³-hybridized carbons (Fsp3) is 0.611. The Balaban J connectivity index is 2.27. The summed E-state index contributed by atoms with van der Waals surface area (Å²) >= 11 is 0. The van der Waals surface area contributed by atoms with E-state index in [1.807, 2.05) is 13.4 Å². The molecule has 0 aliphatic carbocycles. The molecule has 1 heterocycles. The third kappa shape index (κ3) is 3.50. The second kappa shape index (κ2) is 7.25. The normalized spacial score (nSPS) is 16.8. The van der Waals surface area contributed by atoms with Crippen molar-refractivity contribution >= 4 is 12.0 Å². The molecular formula is C18H28N2O2. The average molecular weight is 304 g/mol. The van der Waals surface area contributed by atoms with Gasteiger partial charge in [-0.2, -0.15) is 0 Å². The van der Waals surface area contributed by atoms with Gasteiger partial charge in [0.1, 0.15) is 5.60 Å². The highest BCUT2D eigenvalue weighted by Gasteiger charge is 2.42. The highest BCUT2D eigenvalue weighted by Crippen LogP contribution is 2.38. The number of benzene rings is 1. The summed E-state index contributed by atoms with van der Waals surface area (Å²) < 4.78 is 11.6. The van der Waals surface area contributed by atoms with Crippen molar-refractivity contribution in [2.45, 2.75) is 39.7 Å². The van der Waals surface area contributed by atoms with Crippen molar-refractivity contribution in [1.82, 2.24) is 4.90 Å². The number of nitrogens with zero attached hydrogens (tertiary/aromatic N) is 2. The van der Waals surface area contributed by atoms with Crippen LogP contribution in [0.2, 0.25) is 0 Å². The summed E-state index contributed by atoms with van der Waals surface area (Å²) in [7, 11) is 2.03. The van der Waals surface area contributed by atoms with E-state index in [4.69, 9.17) is 9.47 Å². The molecule has 0 saturated carbocycles. The summed E-state index contributed by atoms with van der Waals surface area (Å²) in [5, 5.41) is 0. The summed E-state index contributed by atoms with van der Waals surface area (Å²) in [6, 6.07) is 4.37. The maximum Gasteiger partial charge on any atom is 0.140 e. The molecule has 1 fully saturated rings. The summed E-state index contributed by atoms with van der Waals surface area (Å²) in [6.07, 6.45) is 2.91. The standard InChI is InChI=1S/C18H28N2O2/c1-6-8-22-18(11-21-12-18)16-9-15(4)17(10-14(16)3)19-13-20(5)7-2/h9-10,13H,6-8,11-12H2,1-5H3. The summed E-state index contributed by atoms with van der Waals surface area (Å²) in [5.74, 6) is 0. The number of rotatable bonds is 7. The highest BCUT2D eigenvalue weighted by atomic mass is 16.6. The van der Waals surface area contributed by atoms with Crippen molar-refractivity contribution in [3.05, 3.63) is 28.8 Å². The molecule has 0 N–H and O–H groups in total. The SMILES string of the molecule is CCCOC1(c2cc(C)c(N=CN(C)CC)cc2C)COC1. The van der Waals surface area contributed by atoms with Crippen LogP contribution in [0, 0.1) is 13.8 Å². The van der Waals surface area contributed by atoms with Gasteiger partial charge >= 0.3 is 0 Å². The monoisotopic (exact) mass is 304 g/mol. The molecule has 1 aromatic carbocycles. The molecule has 0 bridgehead atoms. The van der Waals surface area contributed by atoms with Crippen molar-refractivity contribution in [1.29, 1.82) is 0 Å². The van der Waals surface area contributed by atoms with Crippen LogP contribution in [0.25, 0.3) is 0 Å². The molecule has 4 nitrogen and oxygen atoms in total. The minimum absolute atomic E-state index is 0.257. The predicted octanol–water partition coefficient (Wildman–Crippen LogP) is 3.57. The molecule has 0 atom stereocenters. The lowest BCUT2D eigenvalue weighted by atomic mass is 9.86. The zero-order chi connectivity index (χ0) is 16.2. The summed E-state index contributed by atoms with van der Waals surface area (Å²) in [4.78, 5) is 6.66. The first-order valence-corrected chi connectivity index (χ1v) is 8.10. The Labute approximate surface area is 134 Å². The molecule has 0 amide bonds. The van der Waals surface area contributed by atoms with Crippen molar-refractivity contribution < 1.29 is 9.47 Å². The Morgan fingerprint density at radius 3 is 2.55 bits per heavy atom. The van der Waals surface area contributed by atoms with E-state index in [1.165, 1.54) is 16.7 Å². The van der Waals surface area contributed by atoms with Gasteiger partial charge in [0.25, 0.3) is 0 Å². The molecule has 0 spiro atoms. The first-order valence-electron chi connectivity index (χ1n) is 8.10. The largest absolute Gasteiger partial charge is 0.375 e. The van der Waals surface area contributed by atoms with E-state index >= 15 is 0 Å². The van der Waals surface area contributed by atoms with Gasteiger partial charge in [0.15, 0.2) is 0 Å². The van der Waals surface area contributed by atoms with Crippen LogP contribution in [0.3, 0.4) is 0 Å². The number of hydrogen-bond donors (Lipinski definition) is 0. The fourth-order valence-corrected chi connectivity index (χ4v) is 2.57. The average Bonchev–Trinajstić information content (AvgIpc) is 2.47. The van der Waals surface area contributed by atoms with E-state index in [1.54, 1.807) is 0 Å². The molecule has 0 unspecified atom stereocenters. The molecule has 22 heavy (non-hydrogen) atoms. The molecule has 2 rings (SSSR count). The predicted molar refractivity (Wildman–Crippen MR) is 91.1 cm³/mol. The van der Waals surface area contributed by atoms with Crippen molar-refractivity contribution in [3.63, 3.8) is 0 Å². The molecular weight excluding hydrogens is 276 g/mol. The van der Waals surface area contributed by atoms with Gasteiger partial charge in [0.05, 0.1) is 25.2 Å². The topological polar surface area (TPSA) is 34.1 Å². The smallest absolute Gasteiger partial charge is 0.140 e. The summed E-state index contributed by atoms with van der Waals surface area (Å²) in [6.45, 7) is 11.5. The van der Waals surface area contributed by atoms with Crippen LogP contribution in [0.15, 0.2) is 17.1 Å². The minimum atomic E-state index is -0.257. The van der Waals surface area contributed by atoms with Gasteiger partial charge in [-0.3, -0.25) is 0 Å². The molecule has 1 aliphatic rings. The van der Waals surface area contributed by atoms with Crippen molar-refractivity contribution in [3.8, 4) is 0 Å². The van der Waals surface area contributed by atoms with Crippen LogP contribution in [0.5, 0.6) is 0 Å². The molecule has 4 heteroatoms. The van der Waals surface area contributed by atoms with Crippen molar-refractivity contribution in [2.75, 3.05) is 33.4 Å². The summed E-state index contributed by atoms with van der Waals surface area (Å²) in [5.41, 5.74) is 4.40. The van der Waals surface area contributed by atoms with E-state index in [2.05, 4.69) is 49.7 Å². The van der Waals surface area contributed by atoms with Gasteiger partial charge in [-0.05, 0) is 49.9 Å². The molecule has 122 valence electrons. The first-order chi connectivity index (χ1) is 10.5. The highest BCUT2D eigenvalue weighted by molar-refractivity contribution is 5.64. The Kier molecular flexibility index (Phi) is 5.59. The number of ether oxygens (including phenoxy) is 2. The van der Waals surface area contributed by atoms with E-state index in [0.717, 1.165) is 25.3 Å². The van der Waals surface area contributed by atoms with E-state index in [0.29, 0.717) is 13.2 Å². The molecule has 1 aromatic rings. The van der Waals surface area contributed by atoms with Crippen LogP contribution in [-0.4, -0.2) is 44.7 Å².